The van der Waals surface area contributed by atoms with Crippen LogP contribution in [-0.2, 0) is 6.54 Å². The molecule has 0 bridgehead atoms. The molecule has 0 unspecified atom stereocenters. The van der Waals surface area contributed by atoms with Crippen LogP contribution in [0.5, 0.6) is 0 Å². The summed E-state index contributed by atoms with van der Waals surface area (Å²) in [6.07, 6.45) is 2.77. The van der Waals surface area contributed by atoms with Crippen LogP contribution in [0, 0.1) is 19.8 Å². The van der Waals surface area contributed by atoms with E-state index in [4.69, 9.17) is 4.52 Å². The van der Waals surface area contributed by atoms with Crippen molar-refractivity contribution in [3.63, 3.8) is 0 Å². The Morgan fingerprint density at radius 1 is 1.50 bits per heavy atom. The summed E-state index contributed by atoms with van der Waals surface area (Å²) in [5, 5.41) is 7.47. The minimum atomic E-state index is 0.628. The molecule has 14 heavy (non-hydrogen) atoms. The summed E-state index contributed by atoms with van der Waals surface area (Å²) in [6, 6.07) is 0.628. The van der Waals surface area contributed by atoms with Crippen molar-refractivity contribution in [3.05, 3.63) is 17.0 Å². The predicted octanol–water partition coefficient (Wildman–Crippen LogP) is 2.18. The fourth-order valence-corrected chi connectivity index (χ4v) is 1.78. The standard InChI is InChI=1S/C11H18N2O/c1-7(10-4-5-10)12-6-11-8(2)13-14-9(11)3/h7,10,12H,4-6H2,1-3H3/t7-/m0/s1. The van der Waals surface area contributed by atoms with Crippen LogP contribution in [0.25, 0.3) is 0 Å². The first-order chi connectivity index (χ1) is 6.68. The summed E-state index contributed by atoms with van der Waals surface area (Å²) < 4.78 is 5.11. The maximum absolute atomic E-state index is 5.11. The van der Waals surface area contributed by atoms with E-state index in [2.05, 4.69) is 17.4 Å². The first kappa shape index (κ1) is 9.71. The number of aryl methyl sites for hydroxylation is 2. The molecule has 1 aliphatic rings. The Hall–Kier alpha value is -0.830. The van der Waals surface area contributed by atoms with Crippen molar-refractivity contribution in [2.75, 3.05) is 0 Å². The topological polar surface area (TPSA) is 38.1 Å². The smallest absolute Gasteiger partial charge is 0.138 e. The third-order valence-electron chi connectivity index (χ3n) is 3.11. The number of nitrogens with one attached hydrogen (secondary N) is 1. The zero-order valence-electron chi connectivity index (χ0n) is 9.13. The molecule has 1 heterocycles. The molecule has 78 valence electrons. The Morgan fingerprint density at radius 2 is 2.21 bits per heavy atom. The Labute approximate surface area is 84.9 Å². The third-order valence-corrected chi connectivity index (χ3v) is 3.11. The molecule has 0 spiro atoms. The Morgan fingerprint density at radius 3 is 2.71 bits per heavy atom. The van der Waals surface area contributed by atoms with Crippen molar-refractivity contribution in [3.8, 4) is 0 Å². The van der Waals surface area contributed by atoms with E-state index in [0.29, 0.717) is 6.04 Å². The lowest BCUT2D eigenvalue weighted by Crippen LogP contribution is -2.27. The molecule has 3 nitrogen and oxygen atoms in total. The van der Waals surface area contributed by atoms with E-state index in [1.807, 2.05) is 13.8 Å². The maximum atomic E-state index is 5.11. The van der Waals surface area contributed by atoms with E-state index in [9.17, 15) is 0 Å². The van der Waals surface area contributed by atoms with Gasteiger partial charge in [-0.2, -0.15) is 0 Å². The second kappa shape index (κ2) is 3.73. The fourth-order valence-electron chi connectivity index (χ4n) is 1.78. The van der Waals surface area contributed by atoms with Crippen molar-refractivity contribution in [2.45, 2.75) is 46.2 Å². The molecule has 1 saturated carbocycles. The van der Waals surface area contributed by atoms with E-state index >= 15 is 0 Å². The minimum Gasteiger partial charge on any atom is -0.361 e. The Bertz CT molecular complexity index is 296. The average Bonchev–Trinajstić information content (AvgIpc) is 2.93. The molecule has 1 aromatic heterocycles. The first-order valence-corrected chi connectivity index (χ1v) is 5.33. The van der Waals surface area contributed by atoms with Gasteiger partial charge in [-0.25, -0.2) is 0 Å². The molecule has 0 amide bonds. The Balaban J connectivity index is 1.90. The maximum Gasteiger partial charge on any atom is 0.138 e. The highest BCUT2D eigenvalue weighted by Crippen LogP contribution is 2.32. The number of hydrogen-bond donors (Lipinski definition) is 1. The SMILES string of the molecule is Cc1noc(C)c1CN[C@@H](C)C1CC1. The Kier molecular flexibility index (Phi) is 2.59. The second-order valence-electron chi connectivity index (χ2n) is 4.31. The zero-order chi connectivity index (χ0) is 10.1. The van der Waals surface area contributed by atoms with Gasteiger partial charge < -0.3 is 9.84 Å². The van der Waals surface area contributed by atoms with Gasteiger partial charge in [0, 0.05) is 18.2 Å². The number of hydrogen-bond acceptors (Lipinski definition) is 3. The molecule has 3 heteroatoms. The van der Waals surface area contributed by atoms with Gasteiger partial charge in [-0.05, 0) is 39.5 Å². The van der Waals surface area contributed by atoms with Crippen molar-refractivity contribution in [2.24, 2.45) is 5.92 Å². The van der Waals surface area contributed by atoms with Crippen LogP contribution in [-0.4, -0.2) is 11.2 Å². The highest BCUT2D eigenvalue weighted by molar-refractivity contribution is 5.20. The third kappa shape index (κ3) is 1.98. The van der Waals surface area contributed by atoms with Gasteiger partial charge >= 0.3 is 0 Å². The van der Waals surface area contributed by atoms with Gasteiger partial charge in [0.05, 0.1) is 5.69 Å². The minimum absolute atomic E-state index is 0.628. The molecule has 1 fully saturated rings. The van der Waals surface area contributed by atoms with E-state index in [1.54, 1.807) is 0 Å². The predicted molar refractivity (Wildman–Crippen MR) is 55.0 cm³/mol. The van der Waals surface area contributed by atoms with Gasteiger partial charge in [0.2, 0.25) is 0 Å². The molecule has 0 radical (unpaired) electrons. The number of aromatic nitrogens is 1. The quantitative estimate of drug-likeness (QED) is 0.798. The zero-order valence-corrected chi connectivity index (χ0v) is 9.13. The first-order valence-electron chi connectivity index (χ1n) is 5.33. The molecule has 0 aromatic carbocycles. The van der Waals surface area contributed by atoms with Crippen LogP contribution in [0.4, 0.5) is 0 Å². The monoisotopic (exact) mass is 194 g/mol. The van der Waals surface area contributed by atoms with Gasteiger partial charge in [-0.3, -0.25) is 0 Å². The number of nitrogens with zero attached hydrogens (tertiary/aromatic N) is 1. The summed E-state index contributed by atoms with van der Waals surface area (Å²) in [4.78, 5) is 0. The molecule has 0 aliphatic heterocycles. The largest absolute Gasteiger partial charge is 0.361 e. The highest BCUT2D eigenvalue weighted by atomic mass is 16.5. The molecule has 1 aliphatic carbocycles. The molecular formula is C11H18N2O. The summed E-state index contributed by atoms with van der Waals surface area (Å²) in [5.74, 6) is 1.84. The summed E-state index contributed by atoms with van der Waals surface area (Å²) in [6.45, 7) is 7.11. The summed E-state index contributed by atoms with van der Waals surface area (Å²) in [7, 11) is 0. The van der Waals surface area contributed by atoms with Crippen molar-refractivity contribution in [1.82, 2.24) is 10.5 Å². The summed E-state index contributed by atoms with van der Waals surface area (Å²) >= 11 is 0. The van der Waals surface area contributed by atoms with E-state index in [1.165, 1.54) is 18.4 Å². The molecule has 2 rings (SSSR count). The van der Waals surface area contributed by atoms with Crippen LogP contribution in [0.1, 0.15) is 36.8 Å². The second-order valence-corrected chi connectivity index (χ2v) is 4.31. The lowest BCUT2D eigenvalue weighted by atomic mass is 10.1. The van der Waals surface area contributed by atoms with Gasteiger partial charge in [-0.1, -0.05) is 5.16 Å². The van der Waals surface area contributed by atoms with Crippen LogP contribution in [0.2, 0.25) is 0 Å². The summed E-state index contributed by atoms with van der Waals surface area (Å²) in [5.41, 5.74) is 2.23. The van der Waals surface area contributed by atoms with E-state index in [0.717, 1.165) is 23.9 Å². The van der Waals surface area contributed by atoms with Gasteiger partial charge in [0.1, 0.15) is 5.76 Å². The van der Waals surface area contributed by atoms with Gasteiger partial charge in [0.25, 0.3) is 0 Å². The van der Waals surface area contributed by atoms with Crippen molar-refractivity contribution < 1.29 is 4.52 Å². The lowest BCUT2D eigenvalue weighted by molar-refractivity contribution is 0.391. The lowest BCUT2D eigenvalue weighted by Gasteiger charge is -2.11. The average molecular weight is 194 g/mol. The molecule has 1 N–H and O–H groups in total. The molecule has 1 aromatic rings. The van der Waals surface area contributed by atoms with Crippen LogP contribution >= 0.6 is 0 Å². The molecule has 1 atom stereocenters. The normalized spacial score (nSPS) is 18.5. The molecular weight excluding hydrogens is 176 g/mol. The van der Waals surface area contributed by atoms with Crippen molar-refractivity contribution >= 4 is 0 Å². The fraction of sp³-hybridized carbons (Fsp3) is 0.727. The number of rotatable bonds is 4. The van der Waals surface area contributed by atoms with E-state index in [-0.39, 0.29) is 0 Å². The van der Waals surface area contributed by atoms with Gasteiger partial charge in [-0.15, -0.1) is 0 Å². The van der Waals surface area contributed by atoms with Gasteiger partial charge in [0.15, 0.2) is 0 Å². The van der Waals surface area contributed by atoms with Crippen LogP contribution < -0.4 is 5.32 Å². The van der Waals surface area contributed by atoms with Crippen LogP contribution in [0.15, 0.2) is 4.52 Å². The van der Waals surface area contributed by atoms with Crippen LogP contribution in [0.3, 0.4) is 0 Å². The van der Waals surface area contributed by atoms with Crippen molar-refractivity contribution in [1.29, 1.82) is 0 Å². The molecule has 0 saturated heterocycles. The van der Waals surface area contributed by atoms with E-state index < -0.39 is 0 Å². The highest BCUT2D eigenvalue weighted by Gasteiger charge is 2.27.